The number of alkyl halides is 3. The van der Waals surface area contributed by atoms with Crippen LogP contribution in [0.5, 0.6) is 0 Å². The largest absolute Gasteiger partial charge is 0.466 e. The highest BCUT2D eigenvalue weighted by Crippen LogP contribution is 2.33. The quantitative estimate of drug-likeness (QED) is 0.782. The second-order valence-corrected chi connectivity index (χ2v) is 3.42. The van der Waals surface area contributed by atoms with Gasteiger partial charge in [-0.1, -0.05) is 6.07 Å². The molecule has 0 heterocycles. The zero-order valence-electron chi connectivity index (χ0n) is 9.54. The molecular weight excluding hydrogens is 247 g/mol. The van der Waals surface area contributed by atoms with Gasteiger partial charge in [-0.25, -0.2) is 0 Å². The minimum Gasteiger partial charge on any atom is -0.466 e. The van der Waals surface area contributed by atoms with Gasteiger partial charge in [0, 0.05) is 0 Å². The van der Waals surface area contributed by atoms with E-state index >= 15 is 0 Å². The lowest BCUT2D eigenvalue weighted by Gasteiger charge is -2.13. The molecule has 0 saturated carbocycles. The smallest absolute Gasteiger partial charge is 0.416 e. The van der Waals surface area contributed by atoms with E-state index in [2.05, 4.69) is 4.74 Å². The summed E-state index contributed by atoms with van der Waals surface area (Å²) >= 11 is 0. The summed E-state index contributed by atoms with van der Waals surface area (Å²) in [5, 5.41) is 8.78. The molecule has 6 heteroatoms. The highest BCUT2D eigenvalue weighted by atomic mass is 19.4. The molecule has 1 aromatic carbocycles. The molecule has 1 aromatic rings. The van der Waals surface area contributed by atoms with Gasteiger partial charge in [-0.05, 0) is 24.6 Å². The van der Waals surface area contributed by atoms with Crippen molar-refractivity contribution in [2.75, 3.05) is 6.61 Å². The van der Waals surface area contributed by atoms with Crippen LogP contribution in [0.2, 0.25) is 0 Å². The first-order chi connectivity index (χ1) is 8.40. The summed E-state index contributed by atoms with van der Waals surface area (Å²) in [6.45, 7) is 1.63. The first-order valence-electron chi connectivity index (χ1n) is 5.15. The number of esters is 1. The molecule has 0 amide bonds. The number of benzene rings is 1. The molecule has 0 unspecified atom stereocenters. The third-order valence-corrected chi connectivity index (χ3v) is 2.23. The maximum absolute atomic E-state index is 12.7. The van der Waals surface area contributed by atoms with Gasteiger partial charge in [0.25, 0.3) is 0 Å². The van der Waals surface area contributed by atoms with Crippen LogP contribution in [-0.4, -0.2) is 12.6 Å². The number of hydrogen-bond donors (Lipinski definition) is 0. The fraction of sp³-hybridized carbons (Fsp3) is 0.333. The lowest BCUT2D eigenvalue weighted by atomic mass is 9.98. The summed E-state index contributed by atoms with van der Waals surface area (Å²) in [6.07, 6.45) is -5.17. The molecule has 0 aliphatic heterocycles. The molecule has 18 heavy (non-hydrogen) atoms. The summed E-state index contributed by atoms with van der Waals surface area (Å²) in [4.78, 5) is 11.3. The van der Waals surface area contributed by atoms with Crippen LogP contribution in [0.4, 0.5) is 13.2 Å². The summed E-state index contributed by atoms with van der Waals surface area (Å²) < 4.78 is 42.8. The lowest BCUT2D eigenvalue weighted by molar-refractivity contribution is -0.143. The predicted octanol–water partition coefficient (Wildman–Crippen LogP) is 2.68. The number of hydrogen-bond acceptors (Lipinski definition) is 3. The van der Waals surface area contributed by atoms with Crippen LogP contribution in [-0.2, 0) is 22.1 Å². The van der Waals surface area contributed by atoms with Gasteiger partial charge >= 0.3 is 12.1 Å². The molecule has 0 saturated heterocycles. The average molecular weight is 257 g/mol. The SMILES string of the molecule is CCOC(=O)Cc1c(C#N)cccc1C(F)(F)F. The minimum absolute atomic E-state index is 0.0783. The standard InChI is InChI=1S/C12H10F3NO2/c1-2-18-11(17)6-9-8(7-16)4-3-5-10(9)12(13,14)15/h3-5H,2,6H2,1H3. The first-order valence-corrected chi connectivity index (χ1v) is 5.15. The van der Waals surface area contributed by atoms with Gasteiger partial charge in [0.2, 0.25) is 0 Å². The van der Waals surface area contributed by atoms with Crippen LogP contribution >= 0.6 is 0 Å². The molecule has 0 fully saturated rings. The van der Waals surface area contributed by atoms with Crippen molar-refractivity contribution in [2.45, 2.75) is 19.5 Å². The van der Waals surface area contributed by atoms with E-state index in [9.17, 15) is 18.0 Å². The van der Waals surface area contributed by atoms with E-state index in [0.717, 1.165) is 12.1 Å². The minimum atomic E-state index is -4.60. The Bertz CT molecular complexity index is 489. The van der Waals surface area contributed by atoms with Crippen LogP contribution in [0.3, 0.4) is 0 Å². The van der Waals surface area contributed by atoms with Gasteiger partial charge in [-0.2, -0.15) is 18.4 Å². The van der Waals surface area contributed by atoms with Gasteiger partial charge in [0.15, 0.2) is 0 Å². The zero-order valence-corrected chi connectivity index (χ0v) is 9.54. The molecule has 1 rings (SSSR count). The molecule has 0 bridgehead atoms. The van der Waals surface area contributed by atoms with Crippen molar-refractivity contribution in [1.29, 1.82) is 5.26 Å². The zero-order chi connectivity index (χ0) is 13.8. The van der Waals surface area contributed by atoms with Crippen molar-refractivity contribution in [3.05, 3.63) is 34.9 Å². The predicted molar refractivity (Wildman–Crippen MR) is 56.5 cm³/mol. The molecule has 0 spiro atoms. The lowest BCUT2D eigenvalue weighted by Crippen LogP contribution is -2.15. The monoisotopic (exact) mass is 257 g/mol. The molecule has 0 aliphatic rings. The Labute approximate surface area is 102 Å². The normalized spacial score (nSPS) is 10.8. The molecule has 3 nitrogen and oxygen atoms in total. The van der Waals surface area contributed by atoms with E-state index in [4.69, 9.17) is 5.26 Å². The molecule has 0 radical (unpaired) electrons. The fourth-order valence-electron chi connectivity index (χ4n) is 1.50. The van der Waals surface area contributed by atoms with Gasteiger partial charge in [-0.15, -0.1) is 0 Å². The van der Waals surface area contributed by atoms with Crippen LogP contribution in [0, 0.1) is 11.3 Å². The molecule has 0 aromatic heterocycles. The van der Waals surface area contributed by atoms with Gasteiger partial charge in [0.05, 0.1) is 30.2 Å². The third kappa shape index (κ3) is 3.23. The number of carbonyl (C=O) groups excluding carboxylic acids is 1. The highest BCUT2D eigenvalue weighted by Gasteiger charge is 2.34. The van der Waals surface area contributed by atoms with Gasteiger partial charge < -0.3 is 4.74 Å². The third-order valence-electron chi connectivity index (χ3n) is 2.23. The van der Waals surface area contributed by atoms with E-state index in [1.54, 1.807) is 13.0 Å². The number of halogens is 3. The van der Waals surface area contributed by atoms with E-state index in [1.807, 2.05) is 0 Å². The number of nitrogens with zero attached hydrogens (tertiary/aromatic N) is 1. The number of ether oxygens (including phenoxy) is 1. The van der Waals surface area contributed by atoms with Crippen molar-refractivity contribution in [3.8, 4) is 6.07 Å². The van der Waals surface area contributed by atoms with Crippen LogP contribution in [0.25, 0.3) is 0 Å². The van der Waals surface area contributed by atoms with Crippen molar-refractivity contribution in [1.82, 2.24) is 0 Å². The molecule has 0 aliphatic carbocycles. The van der Waals surface area contributed by atoms with E-state index in [-0.39, 0.29) is 17.7 Å². The number of nitriles is 1. The first kappa shape index (κ1) is 14.0. The Morgan fingerprint density at radius 3 is 2.61 bits per heavy atom. The van der Waals surface area contributed by atoms with Crippen LogP contribution < -0.4 is 0 Å². The highest BCUT2D eigenvalue weighted by molar-refractivity contribution is 5.74. The second-order valence-electron chi connectivity index (χ2n) is 3.42. The van der Waals surface area contributed by atoms with Crippen molar-refractivity contribution >= 4 is 5.97 Å². The van der Waals surface area contributed by atoms with Crippen molar-refractivity contribution in [2.24, 2.45) is 0 Å². The van der Waals surface area contributed by atoms with Crippen molar-refractivity contribution in [3.63, 3.8) is 0 Å². The van der Waals surface area contributed by atoms with Gasteiger partial charge in [0.1, 0.15) is 0 Å². The number of rotatable bonds is 3. The summed E-state index contributed by atoms with van der Waals surface area (Å²) in [7, 11) is 0. The van der Waals surface area contributed by atoms with E-state index < -0.39 is 24.1 Å². The second kappa shape index (κ2) is 5.54. The Balaban J connectivity index is 3.22. The Kier molecular flexibility index (Phi) is 4.32. The Morgan fingerprint density at radius 2 is 2.11 bits per heavy atom. The Hall–Kier alpha value is -2.03. The molecular formula is C12H10F3NO2. The van der Waals surface area contributed by atoms with Crippen molar-refractivity contribution < 1.29 is 22.7 Å². The summed E-state index contributed by atoms with van der Waals surface area (Å²) in [5.41, 5.74) is -1.49. The fourth-order valence-corrected chi connectivity index (χ4v) is 1.50. The van der Waals surface area contributed by atoms with Crippen LogP contribution in [0.1, 0.15) is 23.6 Å². The number of carbonyl (C=O) groups is 1. The maximum Gasteiger partial charge on any atom is 0.416 e. The molecule has 96 valence electrons. The van der Waals surface area contributed by atoms with Crippen LogP contribution in [0.15, 0.2) is 18.2 Å². The summed E-state index contributed by atoms with van der Waals surface area (Å²) in [5.74, 6) is -0.786. The molecule has 0 atom stereocenters. The summed E-state index contributed by atoms with van der Waals surface area (Å²) in [6, 6.07) is 4.87. The topological polar surface area (TPSA) is 50.1 Å². The molecule has 0 N–H and O–H groups in total. The average Bonchev–Trinajstić information content (AvgIpc) is 2.28. The van der Waals surface area contributed by atoms with E-state index in [0.29, 0.717) is 0 Å². The van der Waals surface area contributed by atoms with Gasteiger partial charge in [-0.3, -0.25) is 4.79 Å². The maximum atomic E-state index is 12.7. The van der Waals surface area contributed by atoms with E-state index in [1.165, 1.54) is 6.07 Å². The Morgan fingerprint density at radius 1 is 1.44 bits per heavy atom.